The molecule has 0 aliphatic carbocycles. The summed E-state index contributed by atoms with van der Waals surface area (Å²) >= 11 is 7.69. The smallest absolute Gasteiger partial charge is 0.408 e. The van der Waals surface area contributed by atoms with Gasteiger partial charge in [0, 0.05) is 41.4 Å². The van der Waals surface area contributed by atoms with E-state index in [0.717, 1.165) is 17.3 Å². The second-order valence-electron chi connectivity index (χ2n) is 5.92. The number of halogens is 1. The molecular formula is C19H15ClN2O3S. The molecule has 0 saturated heterocycles. The Morgan fingerprint density at radius 3 is 2.85 bits per heavy atom. The van der Waals surface area contributed by atoms with Gasteiger partial charge in [-0.25, -0.2) is 4.79 Å². The minimum absolute atomic E-state index is 0.165. The molecule has 0 radical (unpaired) electrons. The highest BCUT2D eigenvalue weighted by Gasteiger charge is 2.15. The van der Waals surface area contributed by atoms with Gasteiger partial charge < -0.3 is 4.42 Å². The third kappa shape index (κ3) is 3.34. The predicted molar refractivity (Wildman–Crippen MR) is 105 cm³/mol. The average Bonchev–Trinajstić information content (AvgIpc) is 3.25. The standard InChI is InChI=1S/C19H15ClN2O3S/c20-14-3-1-2-12(10-14)18(23)13-4-5-15-16(11-13)25-19(24)22(15)8-6-17-21-7-9-26-17/h1-5,10-11H,6-9H2. The molecule has 0 bridgehead atoms. The molecule has 0 spiro atoms. The Balaban J connectivity index is 1.64. The number of hydrogen-bond donors (Lipinski definition) is 0. The van der Waals surface area contributed by atoms with E-state index in [1.165, 1.54) is 0 Å². The van der Waals surface area contributed by atoms with Crippen LogP contribution in [0.15, 0.2) is 56.7 Å². The lowest BCUT2D eigenvalue weighted by Gasteiger charge is -2.04. The maximum Gasteiger partial charge on any atom is 0.419 e. The van der Waals surface area contributed by atoms with E-state index in [4.69, 9.17) is 16.0 Å². The summed E-state index contributed by atoms with van der Waals surface area (Å²) in [5.41, 5.74) is 2.04. The summed E-state index contributed by atoms with van der Waals surface area (Å²) in [5.74, 6) is 0.420. The zero-order valence-corrected chi connectivity index (χ0v) is 15.3. The lowest BCUT2D eigenvalue weighted by atomic mass is 10.0. The van der Waals surface area contributed by atoms with Crippen LogP contribution in [-0.2, 0) is 6.54 Å². The fraction of sp³-hybridized carbons (Fsp3) is 0.211. The quantitative estimate of drug-likeness (QED) is 0.621. The summed E-state index contributed by atoms with van der Waals surface area (Å²) in [6.45, 7) is 1.36. The number of fused-ring (bicyclic) bond motifs is 1. The molecular weight excluding hydrogens is 372 g/mol. The molecule has 0 unspecified atom stereocenters. The molecule has 0 amide bonds. The van der Waals surface area contributed by atoms with Crippen molar-refractivity contribution in [2.24, 2.45) is 4.99 Å². The molecule has 0 fully saturated rings. The summed E-state index contributed by atoms with van der Waals surface area (Å²) in [6.07, 6.45) is 0.711. The normalized spacial score (nSPS) is 14.0. The van der Waals surface area contributed by atoms with Gasteiger partial charge in [-0.15, -0.1) is 11.8 Å². The first-order valence-electron chi connectivity index (χ1n) is 8.21. The Morgan fingerprint density at radius 1 is 1.23 bits per heavy atom. The van der Waals surface area contributed by atoms with E-state index in [1.54, 1.807) is 58.8 Å². The zero-order chi connectivity index (χ0) is 18.1. The Kier molecular flexibility index (Phi) is 4.70. The number of ketones is 1. The van der Waals surface area contributed by atoms with Gasteiger partial charge >= 0.3 is 5.76 Å². The van der Waals surface area contributed by atoms with Crippen LogP contribution in [0.5, 0.6) is 0 Å². The van der Waals surface area contributed by atoms with E-state index in [0.29, 0.717) is 40.2 Å². The molecule has 132 valence electrons. The van der Waals surface area contributed by atoms with Gasteiger partial charge in [0.1, 0.15) is 0 Å². The van der Waals surface area contributed by atoms with Crippen LogP contribution in [0.25, 0.3) is 11.1 Å². The average molecular weight is 387 g/mol. The molecule has 26 heavy (non-hydrogen) atoms. The van der Waals surface area contributed by atoms with Crippen molar-refractivity contribution in [1.82, 2.24) is 4.57 Å². The van der Waals surface area contributed by atoms with Gasteiger partial charge in [0.15, 0.2) is 11.4 Å². The minimum atomic E-state index is -0.420. The van der Waals surface area contributed by atoms with Crippen LogP contribution in [0.1, 0.15) is 22.3 Å². The van der Waals surface area contributed by atoms with E-state index in [9.17, 15) is 9.59 Å². The fourth-order valence-corrected chi connectivity index (χ4v) is 3.98. The Hall–Kier alpha value is -2.31. The van der Waals surface area contributed by atoms with Crippen LogP contribution < -0.4 is 5.76 Å². The largest absolute Gasteiger partial charge is 0.419 e. The van der Waals surface area contributed by atoms with Gasteiger partial charge in [-0.1, -0.05) is 23.7 Å². The number of aliphatic imine (C=N–C) groups is 1. The Bertz CT molecular complexity index is 1080. The predicted octanol–water partition coefficient (Wildman–Crippen LogP) is 4.01. The number of nitrogens with zero attached hydrogens (tertiary/aromatic N) is 2. The fourth-order valence-electron chi connectivity index (χ4n) is 2.95. The maximum absolute atomic E-state index is 12.6. The van der Waals surface area contributed by atoms with Crippen molar-refractivity contribution in [3.8, 4) is 0 Å². The van der Waals surface area contributed by atoms with Gasteiger partial charge in [-0.3, -0.25) is 14.4 Å². The summed E-state index contributed by atoms with van der Waals surface area (Å²) in [5, 5.41) is 1.57. The molecule has 4 rings (SSSR count). The van der Waals surface area contributed by atoms with E-state index in [-0.39, 0.29) is 5.78 Å². The van der Waals surface area contributed by atoms with Gasteiger partial charge in [0.25, 0.3) is 0 Å². The highest BCUT2D eigenvalue weighted by atomic mass is 35.5. The first-order valence-corrected chi connectivity index (χ1v) is 9.58. The lowest BCUT2D eigenvalue weighted by Crippen LogP contribution is -2.15. The molecule has 1 aliphatic heterocycles. The number of carbonyl (C=O) groups is 1. The summed E-state index contributed by atoms with van der Waals surface area (Å²) < 4.78 is 6.93. The van der Waals surface area contributed by atoms with Crippen LogP contribution in [-0.4, -0.2) is 27.7 Å². The summed E-state index contributed by atoms with van der Waals surface area (Å²) in [7, 11) is 0. The van der Waals surface area contributed by atoms with Crippen molar-refractivity contribution < 1.29 is 9.21 Å². The number of benzene rings is 2. The number of thioether (sulfide) groups is 1. The van der Waals surface area contributed by atoms with Crippen LogP contribution in [0.4, 0.5) is 0 Å². The van der Waals surface area contributed by atoms with Crippen molar-refractivity contribution >= 4 is 45.3 Å². The van der Waals surface area contributed by atoms with Crippen LogP contribution in [0.2, 0.25) is 5.02 Å². The van der Waals surface area contributed by atoms with Gasteiger partial charge in [-0.2, -0.15) is 0 Å². The van der Waals surface area contributed by atoms with E-state index in [1.807, 2.05) is 0 Å². The molecule has 0 saturated carbocycles. The van der Waals surface area contributed by atoms with Crippen molar-refractivity contribution in [3.05, 3.63) is 69.2 Å². The topological polar surface area (TPSA) is 64.6 Å². The number of aromatic nitrogens is 1. The van der Waals surface area contributed by atoms with Crippen LogP contribution >= 0.6 is 23.4 Å². The highest BCUT2D eigenvalue weighted by molar-refractivity contribution is 8.14. The second kappa shape index (κ2) is 7.13. The first-order chi connectivity index (χ1) is 12.6. The van der Waals surface area contributed by atoms with Crippen molar-refractivity contribution in [2.75, 3.05) is 12.3 Å². The number of oxazole rings is 1. The molecule has 1 aliphatic rings. The van der Waals surface area contributed by atoms with Crippen molar-refractivity contribution in [1.29, 1.82) is 0 Å². The minimum Gasteiger partial charge on any atom is -0.408 e. The summed E-state index contributed by atoms with van der Waals surface area (Å²) in [6, 6.07) is 11.8. The monoisotopic (exact) mass is 386 g/mol. The lowest BCUT2D eigenvalue weighted by molar-refractivity contribution is 0.103. The van der Waals surface area contributed by atoms with Gasteiger partial charge in [0.05, 0.1) is 10.6 Å². The number of carbonyl (C=O) groups excluding carboxylic acids is 1. The zero-order valence-electron chi connectivity index (χ0n) is 13.8. The molecule has 1 aromatic heterocycles. The molecule has 0 atom stereocenters. The van der Waals surface area contributed by atoms with E-state index < -0.39 is 5.76 Å². The number of hydrogen-bond acceptors (Lipinski definition) is 5. The second-order valence-corrected chi connectivity index (χ2v) is 7.52. The van der Waals surface area contributed by atoms with E-state index >= 15 is 0 Å². The number of aryl methyl sites for hydroxylation is 1. The molecule has 3 aromatic rings. The highest BCUT2D eigenvalue weighted by Crippen LogP contribution is 2.21. The number of rotatable bonds is 5. The molecule has 0 N–H and O–H groups in total. The molecule has 7 heteroatoms. The third-order valence-corrected chi connectivity index (χ3v) is 5.50. The Labute approximate surface area is 158 Å². The van der Waals surface area contributed by atoms with Crippen molar-refractivity contribution in [3.63, 3.8) is 0 Å². The summed E-state index contributed by atoms with van der Waals surface area (Å²) in [4.78, 5) is 29.2. The van der Waals surface area contributed by atoms with Crippen molar-refractivity contribution in [2.45, 2.75) is 13.0 Å². The van der Waals surface area contributed by atoms with Gasteiger partial charge in [-0.05, 0) is 30.3 Å². The first kappa shape index (κ1) is 17.1. The van der Waals surface area contributed by atoms with Crippen LogP contribution in [0, 0.1) is 0 Å². The molecule has 2 aromatic carbocycles. The van der Waals surface area contributed by atoms with E-state index in [2.05, 4.69) is 4.99 Å². The molecule has 5 nitrogen and oxygen atoms in total. The Morgan fingerprint density at radius 2 is 2.08 bits per heavy atom. The molecule has 2 heterocycles. The third-order valence-electron chi connectivity index (χ3n) is 4.21. The maximum atomic E-state index is 12.6. The van der Waals surface area contributed by atoms with Crippen LogP contribution in [0.3, 0.4) is 0 Å². The van der Waals surface area contributed by atoms with Gasteiger partial charge in [0.2, 0.25) is 0 Å². The SMILES string of the molecule is O=C(c1cccc(Cl)c1)c1ccc2c(c1)oc(=O)n2CCC1=NCCS1.